The summed E-state index contributed by atoms with van der Waals surface area (Å²) in [5.74, 6) is -1.04. The van der Waals surface area contributed by atoms with E-state index in [1.54, 1.807) is 6.92 Å². The van der Waals surface area contributed by atoms with Gasteiger partial charge in [-0.3, -0.25) is 0 Å². The number of aliphatic imine (C=N–C) groups is 2. The highest BCUT2D eigenvalue weighted by Gasteiger charge is 2.31. The van der Waals surface area contributed by atoms with Crippen molar-refractivity contribution in [3.63, 3.8) is 0 Å². The smallest absolute Gasteiger partial charge is 0.171 e. The molecule has 0 radical (unpaired) electrons. The first-order chi connectivity index (χ1) is 13.8. The SMILES string of the molecule is C=N/C(=C(\N=C(C)C#N)NC(C)C)N1CCC([C@H](F)c2ccc(F)cc2F)CC1. The minimum atomic E-state index is -1.51. The molecule has 0 bridgehead atoms. The number of alkyl halides is 1. The Kier molecular flexibility index (Phi) is 7.82. The number of likely N-dealkylation sites (tertiary alicyclic amines) is 1. The van der Waals surface area contributed by atoms with E-state index in [2.05, 4.69) is 22.0 Å². The fourth-order valence-corrected chi connectivity index (χ4v) is 3.32. The van der Waals surface area contributed by atoms with Crippen LogP contribution in [0.15, 0.2) is 39.8 Å². The van der Waals surface area contributed by atoms with E-state index in [-0.39, 0.29) is 23.2 Å². The molecule has 29 heavy (non-hydrogen) atoms. The van der Waals surface area contributed by atoms with Crippen molar-refractivity contribution < 1.29 is 13.2 Å². The van der Waals surface area contributed by atoms with E-state index in [0.29, 0.717) is 43.6 Å². The van der Waals surface area contributed by atoms with Gasteiger partial charge >= 0.3 is 0 Å². The Balaban J connectivity index is 2.18. The fourth-order valence-electron chi connectivity index (χ4n) is 3.32. The molecule has 2 rings (SSSR count). The quantitative estimate of drug-likeness (QED) is 0.680. The zero-order valence-electron chi connectivity index (χ0n) is 16.9. The number of halogens is 3. The second-order valence-electron chi connectivity index (χ2n) is 7.33. The van der Waals surface area contributed by atoms with Crippen LogP contribution in [0.4, 0.5) is 13.2 Å². The first-order valence-electron chi connectivity index (χ1n) is 9.53. The van der Waals surface area contributed by atoms with Crippen molar-refractivity contribution in [1.82, 2.24) is 10.2 Å². The maximum absolute atomic E-state index is 14.9. The van der Waals surface area contributed by atoms with Crippen molar-refractivity contribution in [3.05, 3.63) is 47.0 Å². The van der Waals surface area contributed by atoms with Gasteiger partial charge in [0.1, 0.15) is 29.6 Å². The van der Waals surface area contributed by atoms with Crippen molar-refractivity contribution in [2.24, 2.45) is 15.9 Å². The zero-order valence-corrected chi connectivity index (χ0v) is 16.9. The lowest BCUT2D eigenvalue weighted by Crippen LogP contribution is -2.36. The molecule has 0 aromatic heterocycles. The van der Waals surface area contributed by atoms with Gasteiger partial charge in [0.15, 0.2) is 11.6 Å². The number of hydrogen-bond acceptors (Lipinski definition) is 5. The predicted octanol–water partition coefficient (Wildman–Crippen LogP) is 4.50. The molecule has 1 aliphatic rings. The monoisotopic (exact) mass is 405 g/mol. The van der Waals surface area contributed by atoms with Crippen molar-refractivity contribution in [2.45, 2.75) is 45.8 Å². The Bertz CT molecular complexity index is 833. The molecule has 0 saturated carbocycles. The van der Waals surface area contributed by atoms with Gasteiger partial charge in [-0.2, -0.15) is 5.26 Å². The van der Waals surface area contributed by atoms with Crippen LogP contribution in [0.2, 0.25) is 0 Å². The highest BCUT2D eigenvalue weighted by molar-refractivity contribution is 5.96. The fraction of sp³-hybridized carbons (Fsp3) is 0.476. The zero-order chi connectivity index (χ0) is 21.6. The summed E-state index contributed by atoms with van der Waals surface area (Å²) >= 11 is 0. The Hall–Kier alpha value is -2.82. The Morgan fingerprint density at radius 1 is 1.31 bits per heavy atom. The molecule has 1 atom stereocenters. The molecule has 1 N–H and O–H groups in total. The summed E-state index contributed by atoms with van der Waals surface area (Å²) in [6.07, 6.45) is -0.575. The number of nitrogens with one attached hydrogen (secondary N) is 1. The van der Waals surface area contributed by atoms with Gasteiger partial charge in [0, 0.05) is 30.8 Å². The number of piperidine rings is 1. The van der Waals surface area contributed by atoms with Crippen molar-refractivity contribution in [3.8, 4) is 6.07 Å². The number of benzene rings is 1. The first-order valence-corrected chi connectivity index (χ1v) is 9.53. The van der Waals surface area contributed by atoms with Crippen LogP contribution in [0.5, 0.6) is 0 Å². The van der Waals surface area contributed by atoms with Crippen LogP contribution >= 0.6 is 0 Å². The van der Waals surface area contributed by atoms with Gasteiger partial charge in [-0.15, -0.1) is 0 Å². The van der Waals surface area contributed by atoms with Crippen molar-refractivity contribution in [2.75, 3.05) is 13.1 Å². The average Bonchev–Trinajstić information content (AvgIpc) is 2.68. The third-order valence-corrected chi connectivity index (χ3v) is 4.74. The number of nitriles is 1. The lowest BCUT2D eigenvalue weighted by molar-refractivity contribution is 0.136. The van der Waals surface area contributed by atoms with Gasteiger partial charge in [-0.05, 0) is 52.3 Å². The number of hydrogen-bond donors (Lipinski definition) is 1. The van der Waals surface area contributed by atoms with Crippen LogP contribution in [-0.2, 0) is 0 Å². The molecule has 1 aromatic rings. The minimum Gasteiger partial charge on any atom is -0.365 e. The molecule has 0 amide bonds. The van der Waals surface area contributed by atoms with Gasteiger partial charge in [-0.25, -0.2) is 23.2 Å². The molecule has 0 spiro atoms. The maximum Gasteiger partial charge on any atom is 0.171 e. The van der Waals surface area contributed by atoms with E-state index in [1.807, 2.05) is 24.8 Å². The molecule has 5 nitrogen and oxygen atoms in total. The molecule has 1 heterocycles. The summed E-state index contributed by atoms with van der Waals surface area (Å²) in [5, 5.41) is 12.2. The van der Waals surface area contributed by atoms with Gasteiger partial charge in [-0.1, -0.05) is 6.07 Å². The van der Waals surface area contributed by atoms with Crippen LogP contribution in [0.1, 0.15) is 45.3 Å². The predicted molar refractivity (Wildman–Crippen MR) is 108 cm³/mol. The van der Waals surface area contributed by atoms with Gasteiger partial charge in [0.05, 0.1) is 0 Å². The molecule has 8 heteroatoms. The first kappa shape index (κ1) is 22.5. The van der Waals surface area contributed by atoms with Gasteiger partial charge in [0.25, 0.3) is 0 Å². The van der Waals surface area contributed by atoms with Crippen LogP contribution in [-0.4, -0.2) is 36.5 Å². The maximum atomic E-state index is 14.9. The number of rotatable bonds is 7. The van der Waals surface area contributed by atoms with E-state index in [1.165, 1.54) is 6.07 Å². The molecular weight excluding hydrogens is 379 g/mol. The second-order valence-corrected chi connectivity index (χ2v) is 7.33. The molecule has 0 unspecified atom stereocenters. The second kappa shape index (κ2) is 10.1. The number of nitrogens with zero attached hydrogens (tertiary/aromatic N) is 4. The average molecular weight is 405 g/mol. The molecule has 1 aliphatic heterocycles. The topological polar surface area (TPSA) is 63.8 Å². The lowest BCUT2D eigenvalue weighted by Gasteiger charge is -2.35. The van der Waals surface area contributed by atoms with E-state index in [9.17, 15) is 13.2 Å². The van der Waals surface area contributed by atoms with E-state index >= 15 is 0 Å². The van der Waals surface area contributed by atoms with E-state index in [4.69, 9.17) is 5.26 Å². The normalized spacial score (nSPS) is 17.6. The van der Waals surface area contributed by atoms with Gasteiger partial charge in [0.2, 0.25) is 0 Å². The summed E-state index contributed by atoms with van der Waals surface area (Å²) in [6.45, 7) is 10.1. The van der Waals surface area contributed by atoms with Crippen molar-refractivity contribution >= 4 is 12.4 Å². The Morgan fingerprint density at radius 3 is 2.48 bits per heavy atom. The largest absolute Gasteiger partial charge is 0.365 e. The summed E-state index contributed by atoms with van der Waals surface area (Å²) in [4.78, 5) is 10.3. The molecule has 0 aliphatic carbocycles. The molecule has 1 fully saturated rings. The van der Waals surface area contributed by atoms with Crippen LogP contribution < -0.4 is 5.32 Å². The van der Waals surface area contributed by atoms with E-state index < -0.39 is 17.8 Å². The van der Waals surface area contributed by atoms with Crippen LogP contribution in [0.3, 0.4) is 0 Å². The minimum absolute atomic E-state index is 0.0613. The van der Waals surface area contributed by atoms with Crippen LogP contribution in [0.25, 0.3) is 0 Å². The standard InChI is InChI=1S/C21H26F3N5/c1-13(2)27-20(28-14(3)12-25)21(26-4)29-9-7-15(8-10-29)19(24)17-6-5-16(22)11-18(17)23/h5-6,11,13,15,19,27H,4,7-10H2,1-3H3/b21-20+,28-14?/t19-/m0/s1. The molecule has 1 saturated heterocycles. The Labute approximate surface area is 169 Å². The Morgan fingerprint density at radius 2 is 1.97 bits per heavy atom. The highest BCUT2D eigenvalue weighted by atomic mass is 19.1. The van der Waals surface area contributed by atoms with Crippen molar-refractivity contribution in [1.29, 1.82) is 5.26 Å². The molecular formula is C21H26F3N5. The van der Waals surface area contributed by atoms with E-state index in [0.717, 1.165) is 6.07 Å². The molecule has 1 aromatic carbocycles. The summed E-state index contributed by atoms with van der Waals surface area (Å²) < 4.78 is 41.9. The summed E-state index contributed by atoms with van der Waals surface area (Å²) in [6, 6.07) is 4.99. The summed E-state index contributed by atoms with van der Waals surface area (Å²) in [7, 11) is 0. The highest BCUT2D eigenvalue weighted by Crippen LogP contribution is 2.36. The van der Waals surface area contributed by atoms with Crippen LogP contribution in [0, 0.1) is 28.9 Å². The molecule has 156 valence electrons. The lowest BCUT2D eigenvalue weighted by atomic mass is 9.88. The summed E-state index contributed by atoms with van der Waals surface area (Å²) in [5.41, 5.74) is 0.165. The third kappa shape index (κ3) is 5.83. The van der Waals surface area contributed by atoms with Gasteiger partial charge < -0.3 is 10.2 Å². The third-order valence-electron chi connectivity index (χ3n) is 4.74.